The lowest BCUT2D eigenvalue weighted by molar-refractivity contribution is 0.175. The van der Waals surface area contributed by atoms with Gasteiger partial charge in [0.25, 0.3) is 0 Å². The standard InChI is InChI=1S/C14H23N3O/c15-13-12(10-6-4-2-1-3-5-7-10)17(11-8-9-11)14(18)16-13/h10-12H,1-9H2,(H2,15,16,18). The Labute approximate surface area is 109 Å². The van der Waals surface area contributed by atoms with Crippen molar-refractivity contribution in [2.75, 3.05) is 0 Å². The van der Waals surface area contributed by atoms with Crippen LogP contribution >= 0.6 is 0 Å². The molecule has 2 N–H and O–H groups in total. The molecular formula is C14H23N3O. The summed E-state index contributed by atoms with van der Waals surface area (Å²) in [6.45, 7) is 0. The average molecular weight is 249 g/mol. The molecule has 0 aromatic carbocycles. The summed E-state index contributed by atoms with van der Waals surface area (Å²) in [5, 5.41) is 0. The molecule has 4 nitrogen and oxygen atoms in total. The Morgan fingerprint density at radius 1 is 1.00 bits per heavy atom. The van der Waals surface area contributed by atoms with Crippen molar-refractivity contribution in [1.29, 1.82) is 0 Å². The molecule has 3 aliphatic rings. The van der Waals surface area contributed by atoms with Crippen LogP contribution in [0.1, 0.15) is 57.8 Å². The van der Waals surface area contributed by atoms with Crippen LogP contribution in [-0.4, -0.2) is 28.9 Å². The first-order valence-electron chi connectivity index (χ1n) is 7.44. The molecule has 0 bridgehead atoms. The molecule has 1 unspecified atom stereocenters. The molecule has 2 saturated carbocycles. The summed E-state index contributed by atoms with van der Waals surface area (Å²) >= 11 is 0. The highest BCUT2D eigenvalue weighted by Crippen LogP contribution is 2.37. The van der Waals surface area contributed by atoms with Crippen LogP contribution in [0.25, 0.3) is 0 Å². The number of urea groups is 1. The minimum atomic E-state index is -0.0814. The minimum Gasteiger partial charge on any atom is -0.385 e. The van der Waals surface area contributed by atoms with Crippen molar-refractivity contribution in [3.8, 4) is 0 Å². The highest BCUT2D eigenvalue weighted by atomic mass is 16.2. The molecule has 0 aromatic heterocycles. The smallest absolute Gasteiger partial charge is 0.346 e. The van der Waals surface area contributed by atoms with Crippen molar-refractivity contribution in [2.24, 2.45) is 16.6 Å². The molecule has 2 aliphatic carbocycles. The fourth-order valence-corrected chi connectivity index (χ4v) is 3.50. The zero-order valence-corrected chi connectivity index (χ0v) is 11.0. The maximum absolute atomic E-state index is 11.9. The van der Waals surface area contributed by atoms with E-state index in [-0.39, 0.29) is 12.1 Å². The van der Waals surface area contributed by atoms with Crippen LogP contribution in [-0.2, 0) is 0 Å². The molecule has 1 aliphatic heterocycles. The largest absolute Gasteiger partial charge is 0.385 e. The number of hydrogen-bond acceptors (Lipinski definition) is 2. The lowest BCUT2D eigenvalue weighted by atomic mass is 9.85. The van der Waals surface area contributed by atoms with Gasteiger partial charge in [-0.3, -0.25) is 0 Å². The van der Waals surface area contributed by atoms with Gasteiger partial charge in [-0.05, 0) is 31.6 Å². The van der Waals surface area contributed by atoms with E-state index in [1.807, 2.05) is 4.90 Å². The van der Waals surface area contributed by atoms with Gasteiger partial charge < -0.3 is 10.6 Å². The lowest BCUT2D eigenvalue weighted by Crippen LogP contribution is -2.47. The Morgan fingerprint density at radius 3 is 2.22 bits per heavy atom. The van der Waals surface area contributed by atoms with E-state index in [2.05, 4.69) is 4.99 Å². The molecule has 0 radical (unpaired) electrons. The fourth-order valence-electron chi connectivity index (χ4n) is 3.50. The van der Waals surface area contributed by atoms with E-state index in [9.17, 15) is 4.79 Å². The monoisotopic (exact) mass is 249 g/mol. The molecule has 1 atom stereocenters. The number of carbonyl (C=O) groups is 1. The number of aliphatic imine (C=N–C) groups is 1. The van der Waals surface area contributed by atoms with Crippen molar-refractivity contribution in [3.63, 3.8) is 0 Å². The maximum Gasteiger partial charge on any atom is 0.346 e. The number of carbonyl (C=O) groups excluding carboxylic acids is 1. The molecule has 2 fully saturated rings. The predicted molar refractivity (Wildman–Crippen MR) is 71.5 cm³/mol. The van der Waals surface area contributed by atoms with Crippen LogP contribution in [0.3, 0.4) is 0 Å². The summed E-state index contributed by atoms with van der Waals surface area (Å²) in [6.07, 6.45) is 11.3. The number of amides is 2. The van der Waals surface area contributed by atoms with Crippen molar-refractivity contribution < 1.29 is 4.79 Å². The zero-order chi connectivity index (χ0) is 12.5. The molecule has 0 saturated heterocycles. The van der Waals surface area contributed by atoms with Crippen LogP contribution in [0, 0.1) is 5.92 Å². The second kappa shape index (κ2) is 4.90. The second-order valence-corrected chi connectivity index (χ2v) is 6.01. The number of rotatable bonds is 2. The average Bonchev–Trinajstić information content (AvgIpc) is 3.06. The summed E-state index contributed by atoms with van der Waals surface area (Å²) in [6, 6.07) is 0.461. The Kier molecular flexibility index (Phi) is 3.27. The molecule has 1 heterocycles. The van der Waals surface area contributed by atoms with Gasteiger partial charge in [-0.2, -0.15) is 4.99 Å². The summed E-state index contributed by atoms with van der Waals surface area (Å²) in [7, 11) is 0. The highest BCUT2D eigenvalue weighted by molar-refractivity contribution is 6.03. The van der Waals surface area contributed by atoms with Crippen molar-refractivity contribution in [3.05, 3.63) is 0 Å². The van der Waals surface area contributed by atoms with Gasteiger partial charge in [0.15, 0.2) is 0 Å². The third kappa shape index (κ3) is 2.25. The number of hydrogen-bond donors (Lipinski definition) is 1. The number of nitrogens with two attached hydrogens (primary N) is 1. The molecule has 4 heteroatoms. The summed E-state index contributed by atoms with van der Waals surface area (Å²) in [5.41, 5.74) is 6.03. The first-order chi connectivity index (χ1) is 8.77. The first kappa shape index (κ1) is 12.0. The third-order valence-corrected chi connectivity index (χ3v) is 4.58. The summed E-state index contributed by atoms with van der Waals surface area (Å²) in [5.74, 6) is 1.12. The Bertz CT molecular complexity index is 354. The van der Waals surface area contributed by atoms with Crippen molar-refractivity contribution in [2.45, 2.75) is 69.9 Å². The molecule has 3 rings (SSSR count). The van der Waals surface area contributed by atoms with E-state index in [0.29, 0.717) is 17.8 Å². The van der Waals surface area contributed by atoms with Gasteiger partial charge in [0.05, 0.1) is 6.04 Å². The molecule has 0 aromatic rings. The Balaban J connectivity index is 1.74. The van der Waals surface area contributed by atoms with Gasteiger partial charge >= 0.3 is 6.03 Å². The van der Waals surface area contributed by atoms with Crippen LogP contribution in [0.5, 0.6) is 0 Å². The van der Waals surface area contributed by atoms with Crippen LogP contribution < -0.4 is 5.73 Å². The topological polar surface area (TPSA) is 58.7 Å². The molecule has 2 amide bonds. The minimum absolute atomic E-state index is 0.0814. The van der Waals surface area contributed by atoms with E-state index in [4.69, 9.17) is 5.73 Å². The quantitative estimate of drug-likeness (QED) is 0.818. The van der Waals surface area contributed by atoms with Gasteiger partial charge in [-0.1, -0.05) is 32.1 Å². The SMILES string of the molecule is NC1=NC(=O)N(C2CC2)C1C1CCCCCCC1. The Hall–Kier alpha value is -1.06. The zero-order valence-electron chi connectivity index (χ0n) is 11.0. The normalized spacial score (nSPS) is 31.1. The van der Waals surface area contributed by atoms with Crippen molar-refractivity contribution in [1.82, 2.24) is 4.90 Å². The lowest BCUT2D eigenvalue weighted by Gasteiger charge is -2.32. The van der Waals surface area contributed by atoms with E-state index in [0.717, 1.165) is 12.8 Å². The van der Waals surface area contributed by atoms with Gasteiger partial charge in [-0.15, -0.1) is 0 Å². The van der Waals surface area contributed by atoms with Crippen LogP contribution in [0.15, 0.2) is 4.99 Å². The van der Waals surface area contributed by atoms with E-state index in [1.54, 1.807) is 0 Å². The van der Waals surface area contributed by atoms with Gasteiger partial charge in [0.1, 0.15) is 5.84 Å². The second-order valence-electron chi connectivity index (χ2n) is 6.01. The van der Waals surface area contributed by atoms with Crippen LogP contribution in [0.4, 0.5) is 4.79 Å². The summed E-state index contributed by atoms with van der Waals surface area (Å²) < 4.78 is 0. The summed E-state index contributed by atoms with van der Waals surface area (Å²) in [4.78, 5) is 17.9. The van der Waals surface area contributed by atoms with Gasteiger partial charge in [-0.25, -0.2) is 4.79 Å². The molecule has 0 spiro atoms. The molecule has 100 valence electrons. The Morgan fingerprint density at radius 2 is 1.61 bits per heavy atom. The van der Waals surface area contributed by atoms with Gasteiger partial charge in [0, 0.05) is 6.04 Å². The van der Waals surface area contributed by atoms with Gasteiger partial charge in [0.2, 0.25) is 0 Å². The molecule has 18 heavy (non-hydrogen) atoms. The number of amidine groups is 1. The first-order valence-corrected chi connectivity index (χ1v) is 7.44. The number of nitrogens with zero attached hydrogens (tertiary/aromatic N) is 2. The van der Waals surface area contributed by atoms with E-state index < -0.39 is 0 Å². The van der Waals surface area contributed by atoms with E-state index >= 15 is 0 Å². The maximum atomic E-state index is 11.9. The molecular weight excluding hydrogens is 226 g/mol. The highest BCUT2D eigenvalue weighted by Gasteiger charge is 2.45. The fraction of sp³-hybridized carbons (Fsp3) is 0.857. The third-order valence-electron chi connectivity index (χ3n) is 4.58. The predicted octanol–water partition coefficient (Wildman–Crippen LogP) is 2.67. The van der Waals surface area contributed by atoms with Crippen LogP contribution in [0.2, 0.25) is 0 Å². The van der Waals surface area contributed by atoms with Crippen molar-refractivity contribution >= 4 is 11.9 Å². The van der Waals surface area contributed by atoms with E-state index in [1.165, 1.54) is 44.9 Å².